The summed E-state index contributed by atoms with van der Waals surface area (Å²) in [6.45, 7) is 0. The van der Waals surface area contributed by atoms with Crippen molar-refractivity contribution in [2.24, 2.45) is 0 Å². The molecule has 1 spiro atoms. The van der Waals surface area contributed by atoms with E-state index in [0.717, 1.165) is 134 Å². The van der Waals surface area contributed by atoms with Gasteiger partial charge in [0.15, 0.2) is 69.9 Å². The van der Waals surface area contributed by atoms with Crippen molar-refractivity contribution in [1.82, 2.24) is 59.8 Å². The maximum atomic E-state index is 5.41. The SMILES string of the molecule is c1ccc(-c2cccc(-c3nc(-c4cccc(-c5ccccc5)c4)nc(-c4cccc(-c5cccc(-c6ccc(-c7nc(-c8ccccc8)nc(-c8cccc(-c9cccc(-c%10nc(-c%11ccccc%11)nc(-c%11cccc(-c%12cccc(-c%13nc(-c%14ccccc%14)nc(-c%14ccc%15c(c%14)C%14(c%16ccccc%16-c%16ccccc%16%14)c%14ccccc%14-%15)n%13)c%12)c%11)n%10)c9)c8)n7)cc6)c5)c4)n3)c2)cc1. The molecule has 0 saturated heterocycles. The van der Waals surface area contributed by atoms with Crippen LogP contribution in [-0.2, 0) is 5.41 Å². The highest BCUT2D eigenvalue weighted by Gasteiger charge is 2.51. The molecular formula is C121H76N12. The van der Waals surface area contributed by atoms with Crippen LogP contribution < -0.4 is 0 Å². The van der Waals surface area contributed by atoms with Crippen LogP contribution in [-0.4, -0.2) is 59.8 Å². The zero-order chi connectivity index (χ0) is 88.1. The quantitative estimate of drug-likeness (QED) is 0.0803. The second-order valence-electron chi connectivity index (χ2n) is 33.4. The number of rotatable bonds is 18. The van der Waals surface area contributed by atoms with E-state index in [1.54, 1.807) is 0 Å². The molecule has 620 valence electrons. The molecule has 0 N–H and O–H groups in total. The van der Waals surface area contributed by atoms with Crippen molar-refractivity contribution in [1.29, 1.82) is 0 Å². The van der Waals surface area contributed by atoms with E-state index in [0.29, 0.717) is 69.9 Å². The van der Waals surface area contributed by atoms with Crippen LogP contribution in [0.1, 0.15) is 22.3 Å². The molecule has 0 atom stereocenters. The first-order valence-electron chi connectivity index (χ1n) is 44.5. The van der Waals surface area contributed by atoms with Crippen LogP contribution in [0.5, 0.6) is 0 Å². The fraction of sp³-hybridized carbons (Fsp3) is 0.00826. The van der Waals surface area contributed by atoms with Crippen LogP contribution in [0.2, 0.25) is 0 Å². The summed E-state index contributed by atoms with van der Waals surface area (Å²) in [5.41, 5.74) is 32.2. The fourth-order valence-corrected chi connectivity index (χ4v) is 18.9. The van der Waals surface area contributed by atoms with Crippen molar-refractivity contribution in [2.75, 3.05) is 0 Å². The molecule has 2 aliphatic carbocycles. The Labute approximate surface area is 769 Å². The lowest BCUT2D eigenvalue weighted by Crippen LogP contribution is -2.25. The average Bonchev–Trinajstić information content (AvgIpc) is 1.51. The molecule has 0 aliphatic heterocycles. The molecular weight excluding hydrogens is 1620 g/mol. The van der Waals surface area contributed by atoms with Gasteiger partial charge in [0, 0.05) is 66.8 Å². The Hall–Kier alpha value is -18.0. The molecule has 22 aromatic rings. The second-order valence-corrected chi connectivity index (χ2v) is 33.4. The minimum atomic E-state index is -0.532. The Morgan fingerprint density at radius 3 is 0.504 bits per heavy atom. The van der Waals surface area contributed by atoms with Crippen molar-refractivity contribution < 1.29 is 0 Å². The van der Waals surface area contributed by atoms with Gasteiger partial charge in [0.25, 0.3) is 0 Å². The number of hydrogen-bond donors (Lipinski definition) is 0. The molecule has 0 saturated carbocycles. The Kier molecular flexibility index (Phi) is 19.9. The standard InChI is InChI=1S/C121H76N12/c1-6-30-77(31-7-1)85-41-23-49-93(69-85)117-130-118(94-50-24-42-86(70-94)78-32-8-2-9-33-78)132-119(131-117)99-55-25-44-88(71-99)87-43-22-40-84(68-87)79-62-64-83(65-63-79)112-122-109(80-34-10-3-11-35-80)123-113(128-112)95-51-26-45-89(72-95)90-46-27-52-96(73-90)114-124-110(81-36-12-4-13-37-81)125-115(129-114)97-53-28-47-91(74-97)92-48-29-54-98(75-92)116-126-111(82-38-14-5-15-39-82)127-120(133-116)100-66-67-104-103-58-18-21-61-107(103)121(108(104)76-100)105-59-19-16-56-101(105)102-57-17-20-60-106(102)121/h1-76H. The molecule has 0 fully saturated rings. The Bertz CT molecular complexity index is 8090. The number of hydrogen-bond acceptors (Lipinski definition) is 12. The number of nitrogens with zero attached hydrogens (tertiary/aromatic N) is 12. The lowest BCUT2D eigenvalue weighted by molar-refractivity contribution is 0.794. The normalized spacial score (nSPS) is 12.0. The van der Waals surface area contributed by atoms with Gasteiger partial charge in [-0.1, -0.05) is 406 Å². The van der Waals surface area contributed by atoms with Crippen molar-refractivity contribution >= 4 is 0 Å². The summed E-state index contributed by atoms with van der Waals surface area (Å²) in [5.74, 6) is 6.73. The first-order valence-corrected chi connectivity index (χ1v) is 44.5. The smallest absolute Gasteiger partial charge is 0.164 e. The maximum absolute atomic E-state index is 5.41. The van der Waals surface area contributed by atoms with E-state index in [4.69, 9.17) is 59.8 Å². The summed E-state index contributed by atoms with van der Waals surface area (Å²) in [6.07, 6.45) is 0. The molecule has 4 heterocycles. The molecule has 4 aromatic heterocycles. The van der Waals surface area contributed by atoms with E-state index >= 15 is 0 Å². The van der Waals surface area contributed by atoms with Gasteiger partial charge in [-0.2, -0.15) is 0 Å². The van der Waals surface area contributed by atoms with Crippen LogP contribution in [0.3, 0.4) is 0 Å². The van der Waals surface area contributed by atoms with E-state index in [1.807, 2.05) is 91.0 Å². The first kappa shape index (κ1) is 78.5. The van der Waals surface area contributed by atoms with Crippen LogP contribution in [0.25, 0.3) is 226 Å². The van der Waals surface area contributed by atoms with Crippen LogP contribution in [0, 0.1) is 0 Å². The summed E-state index contributed by atoms with van der Waals surface area (Å²) in [7, 11) is 0. The number of fused-ring (bicyclic) bond motifs is 10. The molecule has 0 bridgehead atoms. The highest BCUT2D eigenvalue weighted by molar-refractivity contribution is 5.96. The summed E-state index contributed by atoms with van der Waals surface area (Å²) < 4.78 is 0. The fourth-order valence-electron chi connectivity index (χ4n) is 18.9. The molecule has 2 aliphatic rings. The summed E-state index contributed by atoms with van der Waals surface area (Å²) in [5, 5.41) is 0. The van der Waals surface area contributed by atoms with Crippen molar-refractivity contribution in [2.45, 2.75) is 5.41 Å². The highest BCUT2D eigenvalue weighted by atomic mass is 15.1. The van der Waals surface area contributed by atoms with Gasteiger partial charge >= 0.3 is 0 Å². The third-order valence-corrected chi connectivity index (χ3v) is 25.3. The van der Waals surface area contributed by atoms with Crippen molar-refractivity contribution in [3.63, 3.8) is 0 Å². The number of benzene rings is 18. The van der Waals surface area contributed by atoms with Crippen LogP contribution in [0.15, 0.2) is 461 Å². The molecule has 133 heavy (non-hydrogen) atoms. The van der Waals surface area contributed by atoms with E-state index < -0.39 is 5.41 Å². The predicted molar refractivity (Wildman–Crippen MR) is 534 cm³/mol. The van der Waals surface area contributed by atoms with Gasteiger partial charge in [0.05, 0.1) is 5.41 Å². The lowest BCUT2D eigenvalue weighted by Gasteiger charge is -2.30. The van der Waals surface area contributed by atoms with Gasteiger partial charge in [-0.3, -0.25) is 0 Å². The summed E-state index contributed by atoms with van der Waals surface area (Å²) >= 11 is 0. The van der Waals surface area contributed by atoms with E-state index in [1.165, 1.54) is 44.5 Å². The average molecular weight is 1700 g/mol. The largest absolute Gasteiger partial charge is 0.208 e. The zero-order valence-corrected chi connectivity index (χ0v) is 71.7. The first-order chi connectivity index (χ1) is 65.8. The van der Waals surface area contributed by atoms with Gasteiger partial charge in [-0.15, -0.1) is 0 Å². The Morgan fingerprint density at radius 1 is 0.0977 bits per heavy atom. The molecule has 0 unspecified atom stereocenters. The molecule has 0 radical (unpaired) electrons. The topological polar surface area (TPSA) is 155 Å². The van der Waals surface area contributed by atoms with Crippen molar-refractivity contribution in [3.8, 4) is 226 Å². The molecule has 18 aromatic carbocycles. The van der Waals surface area contributed by atoms with E-state index in [-0.39, 0.29) is 0 Å². The third kappa shape index (κ3) is 14.9. The zero-order valence-electron chi connectivity index (χ0n) is 71.7. The third-order valence-electron chi connectivity index (χ3n) is 25.3. The maximum Gasteiger partial charge on any atom is 0.164 e. The molecule has 24 rings (SSSR count). The van der Waals surface area contributed by atoms with Crippen molar-refractivity contribution in [3.05, 3.63) is 483 Å². The Morgan fingerprint density at radius 2 is 0.248 bits per heavy atom. The van der Waals surface area contributed by atoms with Gasteiger partial charge in [-0.25, -0.2) is 59.8 Å². The second kappa shape index (κ2) is 33.6. The number of aromatic nitrogens is 12. The monoisotopic (exact) mass is 1700 g/mol. The van der Waals surface area contributed by atoms with Gasteiger partial charge in [0.2, 0.25) is 0 Å². The van der Waals surface area contributed by atoms with Crippen LogP contribution in [0.4, 0.5) is 0 Å². The van der Waals surface area contributed by atoms with Crippen LogP contribution >= 0.6 is 0 Å². The summed E-state index contributed by atoms with van der Waals surface area (Å²) in [4.78, 5) is 63.1. The minimum absolute atomic E-state index is 0.526. The Balaban J connectivity index is 0.524. The molecule has 0 amide bonds. The van der Waals surface area contributed by atoms with Gasteiger partial charge in [-0.05, 0) is 166 Å². The van der Waals surface area contributed by atoms with Gasteiger partial charge < -0.3 is 0 Å². The summed E-state index contributed by atoms with van der Waals surface area (Å²) in [6, 6.07) is 161. The minimum Gasteiger partial charge on any atom is -0.208 e. The predicted octanol–water partition coefficient (Wildman–Crippen LogP) is 28.8. The molecule has 12 heteroatoms. The highest BCUT2D eigenvalue weighted by Crippen LogP contribution is 2.63. The molecule has 12 nitrogen and oxygen atoms in total. The van der Waals surface area contributed by atoms with Gasteiger partial charge in [0.1, 0.15) is 0 Å². The van der Waals surface area contributed by atoms with E-state index in [2.05, 4.69) is 370 Å². The van der Waals surface area contributed by atoms with E-state index in [9.17, 15) is 0 Å². The lowest BCUT2D eigenvalue weighted by atomic mass is 9.70.